The summed E-state index contributed by atoms with van der Waals surface area (Å²) in [5.41, 5.74) is 0. The number of hydrogen-bond acceptors (Lipinski definition) is 2. The van der Waals surface area contributed by atoms with E-state index in [2.05, 4.69) is 13.8 Å². The fourth-order valence-electron chi connectivity index (χ4n) is 3.33. The second-order valence-corrected chi connectivity index (χ2v) is 5.51. The molecule has 0 aromatic rings. The van der Waals surface area contributed by atoms with Gasteiger partial charge in [-0.05, 0) is 32.1 Å². The minimum Gasteiger partial charge on any atom is -0.378 e. The third-order valence-electron chi connectivity index (χ3n) is 4.50. The van der Waals surface area contributed by atoms with E-state index in [4.69, 9.17) is 4.74 Å². The summed E-state index contributed by atoms with van der Waals surface area (Å²) in [4.78, 5) is 12.4. The standard InChI is InChI=1S/C14H24O2/c1-3-11-5-4-6-12(9-11)14(15)13-7-8-16-10(13)2/h10-13H,3-9H2,1-2H3. The van der Waals surface area contributed by atoms with Crippen LogP contribution in [0.15, 0.2) is 0 Å². The van der Waals surface area contributed by atoms with Gasteiger partial charge in [-0.15, -0.1) is 0 Å². The van der Waals surface area contributed by atoms with E-state index >= 15 is 0 Å². The molecule has 2 aliphatic rings. The second-order valence-electron chi connectivity index (χ2n) is 5.51. The Morgan fingerprint density at radius 1 is 1.31 bits per heavy atom. The molecule has 0 bridgehead atoms. The predicted octanol–water partition coefficient (Wildman–Crippen LogP) is 3.20. The molecule has 16 heavy (non-hydrogen) atoms. The van der Waals surface area contributed by atoms with Crippen LogP contribution >= 0.6 is 0 Å². The normalized spacial score (nSPS) is 39.9. The maximum absolute atomic E-state index is 12.4. The van der Waals surface area contributed by atoms with Gasteiger partial charge in [-0.2, -0.15) is 0 Å². The molecular formula is C14H24O2. The lowest BCUT2D eigenvalue weighted by atomic mass is 9.75. The Bertz CT molecular complexity index is 249. The van der Waals surface area contributed by atoms with Crippen molar-refractivity contribution < 1.29 is 9.53 Å². The molecule has 1 saturated carbocycles. The van der Waals surface area contributed by atoms with Crippen molar-refractivity contribution in [3.63, 3.8) is 0 Å². The third-order valence-corrected chi connectivity index (χ3v) is 4.50. The molecule has 0 N–H and O–H groups in total. The monoisotopic (exact) mass is 224 g/mol. The van der Waals surface area contributed by atoms with Crippen molar-refractivity contribution in [1.29, 1.82) is 0 Å². The molecule has 92 valence electrons. The van der Waals surface area contributed by atoms with Gasteiger partial charge in [0.05, 0.1) is 6.10 Å². The maximum Gasteiger partial charge on any atom is 0.141 e. The van der Waals surface area contributed by atoms with E-state index in [1.54, 1.807) is 0 Å². The van der Waals surface area contributed by atoms with E-state index in [0.717, 1.165) is 31.8 Å². The van der Waals surface area contributed by atoms with Gasteiger partial charge in [0.15, 0.2) is 0 Å². The van der Waals surface area contributed by atoms with Crippen LogP contribution in [0.25, 0.3) is 0 Å². The van der Waals surface area contributed by atoms with Gasteiger partial charge in [-0.3, -0.25) is 4.79 Å². The van der Waals surface area contributed by atoms with Gasteiger partial charge >= 0.3 is 0 Å². The summed E-state index contributed by atoms with van der Waals surface area (Å²) in [6, 6.07) is 0. The van der Waals surface area contributed by atoms with Gasteiger partial charge in [0.1, 0.15) is 5.78 Å². The lowest BCUT2D eigenvalue weighted by Gasteiger charge is -2.29. The highest BCUT2D eigenvalue weighted by molar-refractivity contribution is 5.84. The molecule has 2 rings (SSSR count). The first kappa shape index (κ1) is 12.1. The topological polar surface area (TPSA) is 26.3 Å². The summed E-state index contributed by atoms with van der Waals surface area (Å²) in [6.45, 7) is 5.08. The molecule has 4 atom stereocenters. The minimum absolute atomic E-state index is 0.162. The van der Waals surface area contributed by atoms with E-state index in [0.29, 0.717) is 11.7 Å². The first-order valence-electron chi connectivity index (χ1n) is 6.87. The Hall–Kier alpha value is -0.370. The highest BCUT2D eigenvalue weighted by Crippen LogP contribution is 2.35. The molecule has 0 radical (unpaired) electrons. The van der Waals surface area contributed by atoms with Crippen LogP contribution in [0.1, 0.15) is 52.4 Å². The molecule has 4 unspecified atom stereocenters. The summed E-state index contributed by atoms with van der Waals surface area (Å²) in [7, 11) is 0. The van der Waals surface area contributed by atoms with Crippen LogP contribution in [0.4, 0.5) is 0 Å². The molecule has 0 aromatic carbocycles. The molecule has 1 saturated heterocycles. The van der Waals surface area contributed by atoms with E-state index in [9.17, 15) is 4.79 Å². The van der Waals surface area contributed by atoms with Crippen molar-refractivity contribution in [3.05, 3.63) is 0 Å². The number of ether oxygens (including phenoxy) is 1. The Morgan fingerprint density at radius 2 is 2.12 bits per heavy atom. The summed E-state index contributed by atoms with van der Waals surface area (Å²) in [5.74, 6) is 1.83. The van der Waals surface area contributed by atoms with E-state index in [-0.39, 0.29) is 12.0 Å². The zero-order chi connectivity index (χ0) is 11.5. The molecule has 1 aliphatic heterocycles. The summed E-state index contributed by atoms with van der Waals surface area (Å²) in [6.07, 6.45) is 7.19. The molecular weight excluding hydrogens is 200 g/mol. The summed E-state index contributed by atoms with van der Waals surface area (Å²) in [5, 5.41) is 0. The van der Waals surface area contributed by atoms with E-state index in [1.807, 2.05) is 0 Å². The second kappa shape index (κ2) is 5.31. The van der Waals surface area contributed by atoms with Crippen LogP contribution in [0, 0.1) is 17.8 Å². The lowest BCUT2D eigenvalue weighted by Crippen LogP contribution is -2.31. The molecule has 2 fully saturated rings. The summed E-state index contributed by atoms with van der Waals surface area (Å²) < 4.78 is 5.51. The zero-order valence-corrected chi connectivity index (χ0v) is 10.6. The van der Waals surface area contributed by atoms with Crippen LogP contribution in [0.3, 0.4) is 0 Å². The number of hydrogen-bond donors (Lipinski definition) is 0. The fourth-order valence-corrected chi connectivity index (χ4v) is 3.33. The Morgan fingerprint density at radius 3 is 2.75 bits per heavy atom. The van der Waals surface area contributed by atoms with Gasteiger partial charge in [-0.25, -0.2) is 0 Å². The van der Waals surface area contributed by atoms with Crippen LogP contribution in [0.5, 0.6) is 0 Å². The quantitative estimate of drug-likeness (QED) is 0.736. The minimum atomic E-state index is 0.162. The first-order valence-corrected chi connectivity index (χ1v) is 6.87. The largest absolute Gasteiger partial charge is 0.378 e. The molecule has 2 heteroatoms. The van der Waals surface area contributed by atoms with Crippen LogP contribution < -0.4 is 0 Å². The maximum atomic E-state index is 12.4. The lowest BCUT2D eigenvalue weighted by molar-refractivity contribution is -0.129. The van der Waals surface area contributed by atoms with Crippen LogP contribution in [-0.4, -0.2) is 18.5 Å². The smallest absolute Gasteiger partial charge is 0.141 e. The molecule has 0 spiro atoms. The van der Waals surface area contributed by atoms with Crippen LogP contribution in [-0.2, 0) is 9.53 Å². The fraction of sp³-hybridized carbons (Fsp3) is 0.929. The van der Waals surface area contributed by atoms with Crippen molar-refractivity contribution in [3.8, 4) is 0 Å². The van der Waals surface area contributed by atoms with Gasteiger partial charge in [0.2, 0.25) is 0 Å². The molecule has 0 amide bonds. The number of rotatable bonds is 3. The van der Waals surface area contributed by atoms with Gasteiger partial charge in [0, 0.05) is 18.4 Å². The third kappa shape index (κ3) is 2.48. The number of carbonyl (C=O) groups is 1. The van der Waals surface area contributed by atoms with Gasteiger partial charge < -0.3 is 4.74 Å². The number of ketones is 1. The molecule has 1 aliphatic carbocycles. The molecule has 2 nitrogen and oxygen atoms in total. The van der Waals surface area contributed by atoms with Gasteiger partial charge in [0.25, 0.3) is 0 Å². The zero-order valence-electron chi connectivity index (χ0n) is 10.6. The highest BCUT2D eigenvalue weighted by Gasteiger charge is 2.36. The van der Waals surface area contributed by atoms with Crippen molar-refractivity contribution in [2.45, 2.75) is 58.5 Å². The van der Waals surface area contributed by atoms with E-state index < -0.39 is 0 Å². The number of carbonyl (C=O) groups excluding carboxylic acids is 1. The van der Waals surface area contributed by atoms with Gasteiger partial charge in [-0.1, -0.05) is 26.2 Å². The Labute approximate surface area is 98.7 Å². The first-order chi connectivity index (χ1) is 7.72. The average Bonchev–Trinajstić information content (AvgIpc) is 2.74. The van der Waals surface area contributed by atoms with Crippen molar-refractivity contribution in [2.24, 2.45) is 17.8 Å². The summed E-state index contributed by atoms with van der Waals surface area (Å²) >= 11 is 0. The van der Waals surface area contributed by atoms with Crippen molar-refractivity contribution >= 4 is 5.78 Å². The predicted molar refractivity (Wildman–Crippen MR) is 64.3 cm³/mol. The van der Waals surface area contributed by atoms with Crippen molar-refractivity contribution in [2.75, 3.05) is 6.61 Å². The average molecular weight is 224 g/mol. The van der Waals surface area contributed by atoms with Crippen molar-refractivity contribution in [1.82, 2.24) is 0 Å². The van der Waals surface area contributed by atoms with Crippen LogP contribution in [0.2, 0.25) is 0 Å². The number of Topliss-reactive ketones (excluding diaryl/α,β-unsaturated/α-hetero) is 1. The Kier molecular flexibility index (Phi) is 4.01. The molecule has 1 heterocycles. The highest BCUT2D eigenvalue weighted by atomic mass is 16.5. The molecule has 0 aromatic heterocycles. The Balaban J connectivity index is 1.93. The van der Waals surface area contributed by atoms with E-state index in [1.165, 1.54) is 19.3 Å². The SMILES string of the molecule is CCC1CCCC(C(=O)C2CCOC2C)C1.